The molecule has 2 atom stereocenters. The molecular weight excluding hydrogens is 238 g/mol. The zero-order valence-corrected chi connectivity index (χ0v) is 13.1. The van der Waals surface area contributed by atoms with Crippen LogP contribution in [0.1, 0.15) is 57.4 Å². The van der Waals surface area contributed by atoms with Gasteiger partial charge in [-0.15, -0.1) is 11.3 Å². The molecular formula is C16H27NS. The second-order valence-electron chi connectivity index (χ2n) is 6.59. The first-order valence-electron chi connectivity index (χ1n) is 7.30. The Kier molecular flexibility index (Phi) is 4.50. The van der Waals surface area contributed by atoms with E-state index in [1.54, 1.807) is 0 Å². The van der Waals surface area contributed by atoms with Crippen molar-refractivity contribution in [3.8, 4) is 0 Å². The standard InChI is InChI=1S/C16H27NS/c1-5-13-7-9-18-15(13)11-17-14-6-8-16(3,4)10-12(14)2/h7,9,12,14,17H,5-6,8,10-11H2,1-4H3. The van der Waals surface area contributed by atoms with Crippen molar-refractivity contribution in [3.63, 3.8) is 0 Å². The molecule has 0 radical (unpaired) electrons. The Morgan fingerprint density at radius 2 is 2.22 bits per heavy atom. The number of hydrogen-bond acceptors (Lipinski definition) is 2. The van der Waals surface area contributed by atoms with Gasteiger partial charge in [-0.05, 0) is 54.0 Å². The molecule has 1 aliphatic carbocycles. The molecule has 0 aliphatic heterocycles. The van der Waals surface area contributed by atoms with Gasteiger partial charge in [-0.3, -0.25) is 0 Å². The summed E-state index contributed by atoms with van der Waals surface area (Å²) in [7, 11) is 0. The molecule has 1 nitrogen and oxygen atoms in total. The van der Waals surface area contributed by atoms with E-state index in [1.165, 1.54) is 29.7 Å². The predicted molar refractivity (Wildman–Crippen MR) is 81.1 cm³/mol. The minimum Gasteiger partial charge on any atom is -0.309 e. The SMILES string of the molecule is CCc1ccsc1CNC1CCC(C)(C)CC1C. The van der Waals surface area contributed by atoms with E-state index in [-0.39, 0.29) is 0 Å². The first-order chi connectivity index (χ1) is 8.52. The van der Waals surface area contributed by atoms with Crippen molar-refractivity contribution in [2.45, 2.75) is 66.0 Å². The topological polar surface area (TPSA) is 12.0 Å². The largest absolute Gasteiger partial charge is 0.309 e. The van der Waals surface area contributed by atoms with Gasteiger partial charge >= 0.3 is 0 Å². The lowest BCUT2D eigenvalue weighted by Gasteiger charge is -2.39. The summed E-state index contributed by atoms with van der Waals surface area (Å²) >= 11 is 1.90. The lowest BCUT2D eigenvalue weighted by Crippen LogP contribution is -2.41. The molecule has 18 heavy (non-hydrogen) atoms. The molecule has 2 unspecified atom stereocenters. The smallest absolute Gasteiger partial charge is 0.0305 e. The van der Waals surface area contributed by atoms with Gasteiger partial charge in [0.2, 0.25) is 0 Å². The summed E-state index contributed by atoms with van der Waals surface area (Å²) < 4.78 is 0. The molecule has 0 aromatic carbocycles. The molecule has 2 heteroatoms. The molecule has 0 amide bonds. The van der Waals surface area contributed by atoms with Crippen LogP contribution in [-0.4, -0.2) is 6.04 Å². The first-order valence-corrected chi connectivity index (χ1v) is 8.18. The van der Waals surface area contributed by atoms with E-state index >= 15 is 0 Å². The predicted octanol–water partition coefficient (Wildman–Crippen LogP) is 4.61. The van der Waals surface area contributed by atoms with E-state index in [0.717, 1.165) is 18.9 Å². The van der Waals surface area contributed by atoms with E-state index in [9.17, 15) is 0 Å². The van der Waals surface area contributed by atoms with Crippen LogP contribution in [0.5, 0.6) is 0 Å². The molecule has 1 aliphatic rings. The van der Waals surface area contributed by atoms with Gasteiger partial charge in [0.15, 0.2) is 0 Å². The molecule has 1 aromatic heterocycles. The maximum absolute atomic E-state index is 3.80. The lowest BCUT2D eigenvalue weighted by molar-refractivity contribution is 0.148. The number of hydrogen-bond donors (Lipinski definition) is 1. The van der Waals surface area contributed by atoms with Gasteiger partial charge in [-0.1, -0.05) is 27.7 Å². The van der Waals surface area contributed by atoms with Crippen molar-refractivity contribution in [3.05, 3.63) is 21.9 Å². The molecule has 1 heterocycles. The van der Waals surface area contributed by atoms with Crippen LogP contribution in [0.2, 0.25) is 0 Å². The first kappa shape index (κ1) is 14.1. The highest BCUT2D eigenvalue weighted by molar-refractivity contribution is 7.10. The number of rotatable bonds is 4. The zero-order chi connectivity index (χ0) is 13.2. The van der Waals surface area contributed by atoms with Crippen LogP contribution >= 0.6 is 11.3 Å². The Morgan fingerprint density at radius 3 is 2.89 bits per heavy atom. The van der Waals surface area contributed by atoms with Crippen LogP contribution in [0.15, 0.2) is 11.4 Å². The van der Waals surface area contributed by atoms with Gasteiger partial charge < -0.3 is 5.32 Å². The molecule has 1 fully saturated rings. The quantitative estimate of drug-likeness (QED) is 0.838. The minimum atomic E-state index is 0.551. The van der Waals surface area contributed by atoms with Crippen molar-refractivity contribution in [1.82, 2.24) is 5.32 Å². The minimum absolute atomic E-state index is 0.551. The van der Waals surface area contributed by atoms with Crippen molar-refractivity contribution >= 4 is 11.3 Å². The van der Waals surface area contributed by atoms with Gasteiger partial charge in [0.1, 0.15) is 0 Å². The third-order valence-electron chi connectivity index (χ3n) is 4.44. The van der Waals surface area contributed by atoms with Crippen LogP contribution in [-0.2, 0) is 13.0 Å². The van der Waals surface area contributed by atoms with Crippen molar-refractivity contribution in [2.75, 3.05) is 0 Å². The maximum Gasteiger partial charge on any atom is 0.0305 e. The molecule has 0 spiro atoms. The second kappa shape index (κ2) is 5.75. The van der Waals surface area contributed by atoms with Crippen molar-refractivity contribution in [1.29, 1.82) is 0 Å². The fourth-order valence-corrected chi connectivity index (χ4v) is 4.24. The third kappa shape index (κ3) is 3.36. The van der Waals surface area contributed by atoms with Gasteiger partial charge in [0.05, 0.1) is 0 Å². The van der Waals surface area contributed by atoms with Crippen LogP contribution in [0.3, 0.4) is 0 Å². The summed E-state index contributed by atoms with van der Waals surface area (Å²) in [5.41, 5.74) is 2.08. The molecule has 2 rings (SSSR count). The highest BCUT2D eigenvalue weighted by Gasteiger charge is 2.31. The van der Waals surface area contributed by atoms with E-state index in [0.29, 0.717) is 11.5 Å². The molecule has 1 saturated carbocycles. The average molecular weight is 265 g/mol. The van der Waals surface area contributed by atoms with Crippen LogP contribution < -0.4 is 5.32 Å². The Hall–Kier alpha value is -0.340. The Bertz CT molecular complexity index is 380. The molecule has 102 valence electrons. The average Bonchev–Trinajstić information content (AvgIpc) is 2.74. The zero-order valence-electron chi connectivity index (χ0n) is 12.3. The Balaban J connectivity index is 1.88. The van der Waals surface area contributed by atoms with Crippen molar-refractivity contribution in [2.24, 2.45) is 11.3 Å². The fraction of sp³-hybridized carbons (Fsp3) is 0.750. The number of nitrogens with one attached hydrogen (secondary N) is 1. The second-order valence-corrected chi connectivity index (χ2v) is 7.59. The summed E-state index contributed by atoms with van der Waals surface area (Å²) in [6.45, 7) is 10.5. The normalized spacial score (nSPS) is 27.3. The van der Waals surface area contributed by atoms with Crippen LogP contribution in [0.25, 0.3) is 0 Å². The maximum atomic E-state index is 3.80. The molecule has 1 N–H and O–H groups in total. The number of thiophene rings is 1. The van der Waals surface area contributed by atoms with Crippen molar-refractivity contribution < 1.29 is 0 Å². The van der Waals surface area contributed by atoms with Crippen LogP contribution in [0.4, 0.5) is 0 Å². The summed E-state index contributed by atoms with van der Waals surface area (Å²) in [4.78, 5) is 1.54. The van der Waals surface area contributed by atoms with Gasteiger partial charge in [0.25, 0.3) is 0 Å². The van der Waals surface area contributed by atoms with E-state index in [2.05, 4.69) is 44.5 Å². The van der Waals surface area contributed by atoms with E-state index in [1.807, 2.05) is 11.3 Å². The third-order valence-corrected chi connectivity index (χ3v) is 5.40. The monoisotopic (exact) mass is 265 g/mol. The lowest BCUT2D eigenvalue weighted by atomic mass is 9.70. The van der Waals surface area contributed by atoms with Crippen LogP contribution in [0, 0.1) is 11.3 Å². The van der Waals surface area contributed by atoms with Gasteiger partial charge in [-0.25, -0.2) is 0 Å². The Labute approximate surface area is 116 Å². The fourth-order valence-electron chi connectivity index (χ4n) is 3.31. The van der Waals surface area contributed by atoms with E-state index < -0.39 is 0 Å². The highest BCUT2D eigenvalue weighted by atomic mass is 32.1. The Morgan fingerprint density at radius 1 is 1.44 bits per heavy atom. The molecule has 1 aromatic rings. The van der Waals surface area contributed by atoms with Gasteiger partial charge in [0, 0.05) is 17.5 Å². The summed E-state index contributed by atoms with van der Waals surface area (Å²) in [5, 5.41) is 6.02. The number of aryl methyl sites for hydroxylation is 1. The van der Waals surface area contributed by atoms with E-state index in [4.69, 9.17) is 0 Å². The summed E-state index contributed by atoms with van der Waals surface area (Å²) in [5.74, 6) is 0.804. The van der Waals surface area contributed by atoms with Gasteiger partial charge in [-0.2, -0.15) is 0 Å². The highest BCUT2D eigenvalue weighted by Crippen LogP contribution is 2.38. The molecule has 0 bridgehead atoms. The summed E-state index contributed by atoms with van der Waals surface area (Å²) in [6.07, 6.45) is 5.21. The molecule has 0 saturated heterocycles. The summed E-state index contributed by atoms with van der Waals surface area (Å²) in [6, 6.07) is 2.99.